The van der Waals surface area contributed by atoms with Crippen LogP contribution in [0.2, 0.25) is 0 Å². The molecule has 2 heterocycles. The summed E-state index contributed by atoms with van der Waals surface area (Å²) in [6, 6.07) is 18.1. The van der Waals surface area contributed by atoms with Gasteiger partial charge in [0.1, 0.15) is 11.4 Å². The number of hydrogen-bond acceptors (Lipinski definition) is 6. The van der Waals surface area contributed by atoms with E-state index in [4.69, 9.17) is 14.6 Å². The van der Waals surface area contributed by atoms with Crippen LogP contribution in [0.15, 0.2) is 66.9 Å². The molecule has 0 bridgehead atoms. The molecule has 0 aliphatic heterocycles. The zero-order chi connectivity index (χ0) is 28.8. The van der Waals surface area contributed by atoms with Crippen LogP contribution in [0.4, 0.5) is 24.5 Å². The number of H-pyrrole nitrogens is 1. The molecule has 4 N–H and O–H groups in total. The van der Waals surface area contributed by atoms with Crippen LogP contribution < -0.4 is 14.8 Å². The third-order valence-corrected chi connectivity index (χ3v) is 5.64. The fraction of sp³-hybridized carbons (Fsp3) is 0.160. The first-order valence-electron chi connectivity index (χ1n) is 11.0. The normalized spacial score (nSPS) is 11.3. The highest BCUT2D eigenvalue weighted by Crippen LogP contribution is 2.29. The minimum absolute atomic E-state index is 0.157. The van der Waals surface area contributed by atoms with E-state index in [1.165, 1.54) is 0 Å². The van der Waals surface area contributed by atoms with Gasteiger partial charge in [-0.2, -0.15) is 13.2 Å². The van der Waals surface area contributed by atoms with Crippen molar-refractivity contribution in [3.8, 4) is 16.9 Å². The van der Waals surface area contributed by atoms with Gasteiger partial charge in [-0.3, -0.25) is 9.52 Å². The maximum Gasteiger partial charge on any atom is 0.490 e. The minimum Gasteiger partial charge on any atom is -0.497 e. The Morgan fingerprint density at radius 1 is 1.05 bits per heavy atom. The van der Waals surface area contributed by atoms with Gasteiger partial charge in [0.05, 0.1) is 19.8 Å². The van der Waals surface area contributed by atoms with Crippen molar-refractivity contribution in [2.75, 3.05) is 23.4 Å². The third-order valence-electron chi connectivity index (χ3n) is 5.03. The van der Waals surface area contributed by atoms with Crippen molar-refractivity contribution in [3.05, 3.63) is 72.6 Å². The van der Waals surface area contributed by atoms with E-state index in [0.29, 0.717) is 22.8 Å². The van der Waals surface area contributed by atoms with E-state index >= 15 is 0 Å². The SMILES string of the molecule is COc1cccc(NC(=O)Cc2cc3c(-c4ccc(NS(C)(=O)=O)cc4)ccnc3[nH]2)c1.O=C(O)C(F)(F)F. The number of carboxylic acids is 1. The molecule has 0 spiro atoms. The lowest BCUT2D eigenvalue weighted by Gasteiger charge is -2.06. The molecule has 206 valence electrons. The van der Waals surface area contributed by atoms with Crippen LogP contribution in [-0.4, -0.2) is 54.9 Å². The number of aliphatic carboxylic acids is 1. The number of carbonyl (C=O) groups is 2. The summed E-state index contributed by atoms with van der Waals surface area (Å²) in [5.41, 5.74) is 4.39. The Morgan fingerprint density at radius 2 is 1.72 bits per heavy atom. The second kappa shape index (κ2) is 11.9. The van der Waals surface area contributed by atoms with E-state index in [1.807, 2.05) is 36.4 Å². The van der Waals surface area contributed by atoms with Crippen molar-refractivity contribution in [2.45, 2.75) is 12.6 Å². The Hall–Kier alpha value is -4.59. The molecular weight excluding hydrogens is 541 g/mol. The molecule has 1 amide bonds. The van der Waals surface area contributed by atoms with Crippen LogP contribution in [-0.2, 0) is 26.0 Å². The van der Waals surface area contributed by atoms with E-state index in [9.17, 15) is 26.4 Å². The number of aromatic amines is 1. The number of ether oxygens (including phenoxy) is 1. The molecule has 0 saturated heterocycles. The average Bonchev–Trinajstić information content (AvgIpc) is 3.26. The second-order valence-electron chi connectivity index (χ2n) is 8.13. The van der Waals surface area contributed by atoms with Crippen molar-refractivity contribution in [1.82, 2.24) is 9.97 Å². The lowest BCUT2D eigenvalue weighted by Crippen LogP contribution is -2.21. The van der Waals surface area contributed by atoms with Crippen LogP contribution in [0.3, 0.4) is 0 Å². The molecule has 0 aliphatic rings. The largest absolute Gasteiger partial charge is 0.497 e. The Kier molecular flexibility index (Phi) is 8.81. The van der Waals surface area contributed by atoms with Gasteiger partial charge in [0.15, 0.2) is 0 Å². The zero-order valence-electron chi connectivity index (χ0n) is 20.5. The highest BCUT2D eigenvalue weighted by molar-refractivity contribution is 7.92. The van der Waals surface area contributed by atoms with Gasteiger partial charge in [-0.05, 0) is 47.5 Å². The zero-order valence-corrected chi connectivity index (χ0v) is 21.4. The molecule has 14 heteroatoms. The minimum atomic E-state index is -5.08. The molecule has 4 aromatic rings. The summed E-state index contributed by atoms with van der Waals surface area (Å²) in [5.74, 6) is -2.25. The number of carbonyl (C=O) groups excluding carboxylic acids is 1. The van der Waals surface area contributed by atoms with Crippen LogP contribution in [0, 0.1) is 0 Å². The number of halogens is 3. The van der Waals surface area contributed by atoms with Crippen molar-refractivity contribution in [3.63, 3.8) is 0 Å². The summed E-state index contributed by atoms with van der Waals surface area (Å²) in [7, 11) is -1.76. The van der Waals surface area contributed by atoms with E-state index in [2.05, 4.69) is 20.0 Å². The molecule has 0 aliphatic carbocycles. The molecule has 39 heavy (non-hydrogen) atoms. The maximum atomic E-state index is 12.5. The van der Waals surface area contributed by atoms with Crippen molar-refractivity contribution < 1.29 is 41.0 Å². The fourth-order valence-electron chi connectivity index (χ4n) is 3.44. The second-order valence-corrected chi connectivity index (χ2v) is 9.88. The molecule has 0 unspecified atom stereocenters. The van der Waals surface area contributed by atoms with Crippen molar-refractivity contribution in [1.29, 1.82) is 0 Å². The van der Waals surface area contributed by atoms with Crippen molar-refractivity contribution in [2.24, 2.45) is 0 Å². The van der Waals surface area contributed by atoms with Crippen molar-refractivity contribution >= 4 is 44.3 Å². The summed E-state index contributed by atoms with van der Waals surface area (Å²) in [6.45, 7) is 0. The number of benzene rings is 2. The van der Waals surface area contributed by atoms with Crippen LogP contribution >= 0.6 is 0 Å². The lowest BCUT2D eigenvalue weighted by atomic mass is 10.0. The van der Waals surface area contributed by atoms with Gasteiger partial charge in [-0.15, -0.1) is 0 Å². The summed E-state index contributed by atoms with van der Waals surface area (Å²) in [5, 5.41) is 10.9. The Labute approximate surface area is 220 Å². The fourth-order valence-corrected chi connectivity index (χ4v) is 4.00. The number of methoxy groups -OCH3 is 1. The maximum absolute atomic E-state index is 12.5. The van der Waals surface area contributed by atoms with Gasteiger partial charge in [-0.1, -0.05) is 18.2 Å². The topological polar surface area (TPSA) is 150 Å². The van der Waals surface area contributed by atoms with Crippen LogP contribution in [0.5, 0.6) is 5.75 Å². The highest BCUT2D eigenvalue weighted by atomic mass is 32.2. The van der Waals surface area contributed by atoms with Gasteiger partial charge in [0.2, 0.25) is 15.9 Å². The number of nitrogens with one attached hydrogen (secondary N) is 3. The van der Waals surface area contributed by atoms with Gasteiger partial charge in [0.25, 0.3) is 0 Å². The number of hydrogen-bond donors (Lipinski definition) is 4. The molecule has 2 aromatic heterocycles. The van der Waals surface area contributed by atoms with Gasteiger partial charge < -0.3 is 20.1 Å². The molecule has 2 aromatic carbocycles. The molecule has 0 fully saturated rings. The average molecular weight is 565 g/mol. The first-order valence-corrected chi connectivity index (χ1v) is 12.9. The van der Waals surface area contributed by atoms with Gasteiger partial charge in [0, 0.05) is 34.7 Å². The molecule has 0 atom stereocenters. The molecule has 0 radical (unpaired) electrons. The first-order chi connectivity index (χ1) is 18.2. The Balaban J connectivity index is 0.000000532. The van der Waals surface area contributed by atoms with E-state index < -0.39 is 22.2 Å². The number of sulfonamides is 1. The predicted octanol–water partition coefficient (Wildman–Crippen LogP) is 4.42. The first kappa shape index (κ1) is 29.0. The lowest BCUT2D eigenvalue weighted by molar-refractivity contribution is -0.192. The molecule has 0 saturated carbocycles. The molecule has 4 rings (SSSR count). The summed E-state index contributed by atoms with van der Waals surface area (Å²) in [6.07, 6.45) is -2.12. The standard InChI is InChI=1S/C23H22N4O4S.C2HF3O2/c1-31-19-5-3-4-17(12-19)25-22(28)14-18-13-21-20(10-11-24-23(21)26-18)15-6-8-16(9-7-15)27-32(2,29)30;3-2(4,5)1(6)7/h3-13,27H,14H2,1-2H3,(H,24,26)(H,25,28);(H,6,7). The summed E-state index contributed by atoms with van der Waals surface area (Å²) in [4.78, 5) is 29.0. The predicted molar refractivity (Wildman–Crippen MR) is 139 cm³/mol. The Morgan fingerprint density at radius 3 is 2.31 bits per heavy atom. The number of fused-ring (bicyclic) bond motifs is 1. The number of amides is 1. The quantitative estimate of drug-likeness (QED) is 0.259. The molecular formula is C25H23F3N4O6S. The number of carboxylic acid groups (broad SMARTS) is 1. The number of aromatic nitrogens is 2. The number of pyridine rings is 1. The smallest absolute Gasteiger partial charge is 0.490 e. The number of rotatable bonds is 7. The number of anilines is 2. The highest BCUT2D eigenvalue weighted by Gasteiger charge is 2.38. The molecule has 10 nitrogen and oxygen atoms in total. The number of nitrogens with zero attached hydrogens (tertiary/aromatic N) is 1. The number of alkyl halides is 3. The summed E-state index contributed by atoms with van der Waals surface area (Å²) < 4.78 is 62.2. The van der Waals surface area contributed by atoms with E-state index in [1.54, 1.807) is 37.6 Å². The Bertz CT molecular complexity index is 1590. The monoisotopic (exact) mass is 564 g/mol. The van der Waals surface area contributed by atoms with Crippen LogP contribution in [0.25, 0.3) is 22.2 Å². The third kappa shape index (κ3) is 8.46. The van der Waals surface area contributed by atoms with E-state index in [0.717, 1.165) is 28.5 Å². The summed E-state index contributed by atoms with van der Waals surface area (Å²) >= 11 is 0. The van der Waals surface area contributed by atoms with Gasteiger partial charge in [-0.25, -0.2) is 18.2 Å². The van der Waals surface area contributed by atoms with Crippen LogP contribution in [0.1, 0.15) is 5.69 Å². The van der Waals surface area contributed by atoms with E-state index in [-0.39, 0.29) is 12.3 Å². The van der Waals surface area contributed by atoms with Gasteiger partial charge >= 0.3 is 12.1 Å².